The second-order valence-corrected chi connectivity index (χ2v) is 7.78. The van der Waals surface area contributed by atoms with Gasteiger partial charge in [-0.2, -0.15) is 13.2 Å². The molecule has 0 aromatic heterocycles. The van der Waals surface area contributed by atoms with Crippen LogP contribution in [0.15, 0.2) is 60.7 Å². The summed E-state index contributed by atoms with van der Waals surface area (Å²) in [6, 6.07) is 19.0. The van der Waals surface area contributed by atoms with Crippen LogP contribution in [0.2, 0.25) is 5.02 Å². The molecule has 0 aliphatic carbocycles. The van der Waals surface area contributed by atoms with E-state index in [4.69, 9.17) is 11.6 Å². The first-order valence-corrected chi connectivity index (χ1v) is 10.2. The number of rotatable bonds is 3. The highest BCUT2D eigenvalue weighted by atomic mass is 35.5. The molecule has 0 N–H and O–H groups in total. The molecule has 31 heavy (non-hydrogen) atoms. The van der Waals surface area contributed by atoms with Gasteiger partial charge in [-0.15, -0.1) is 0 Å². The first-order chi connectivity index (χ1) is 14.7. The number of hydrogen-bond acceptors (Lipinski definition) is 0. The Hall–Kier alpha value is -3.03. The van der Waals surface area contributed by atoms with Gasteiger partial charge in [0.25, 0.3) is 0 Å². The lowest BCUT2D eigenvalue weighted by atomic mass is 9.96. The monoisotopic (exact) mass is 440 g/mol. The Morgan fingerprint density at radius 2 is 1.48 bits per heavy atom. The summed E-state index contributed by atoms with van der Waals surface area (Å²) in [6.07, 6.45) is -2.60. The van der Waals surface area contributed by atoms with Gasteiger partial charge in [-0.3, -0.25) is 0 Å². The predicted octanol–water partition coefficient (Wildman–Crippen LogP) is 8.32. The molecule has 0 aliphatic rings. The molecule has 0 saturated heterocycles. The van der Waals surface area contributed by atoms with Gasteiger partial charge in [-0.1, -0.05) is 73.3 Å². The molecule has 0 unspecified atom stereocenters. The molecule has 0 bridgehead atoms. The van der Waals surface area contributed by atoms with Gasteiger partial charge in [0, 0.05) is 11.3 Å². The van der Waals surface area contributed by atoms with Crippen molar-refractivity contribution in [1.82, 2.24) is 0 Å². The number of aryl methyl sites for hydroxylation is 1. The van der Waals surface area contributed by atoms with E-state index in [0.717, 1.165) is 40.7 Å². The van der Waals surface area contributed by atoms with Gasteiger partial charge in [-0.05, 0) is 57.5 Å². The van der Waals surface area contributed by atoms with E-state index in [1.54, 1.807) is 18.2 Å². The van der Waals surface area contributed by atoms with Crippen LogP contribution in [0.1, 0.15) is 24.5 Å². The van der Waals surface area contributed by atoms with Crippen LogP contribution in [0, 0.1) is 17.7 Å². The van der Waals surface area contributed by atoms with Gasteiger partial charge in [0.05, 0.1) is 10.6 Å². The minimum absolute atomic E-state index is 0.152. The molecule has 4 aromatic rings. The van der Waals surface area contributed by atoms with Crippen molar-refractivity contribution >= 4 is 33.1 Å². The van der Waals surface area contributed by atoms with Gasteiger partial charge >= 0.3 is 6.18 Å². The van der Waals surface area contributed by atoms with Crippen LogP contribution in [0.25, 0.3) is 32.7 Å². The standard InChI is InChI=1S/C26H17ClF4/c1-2-3-16-4-5-18-13-19(7-6-17(18)12-16)20-8-9-22-21(14-20)15-24(27)23(25(22)28)10-11-26(29,30)31/h4-9,12-15H,2-3H2,1H3. The number of alkyl halides is 3. The molecular weight excluding hydrogens is 424 g/mol. The number of benzene rings is 4. The molecule has 0 atom stereocenters. The summed E-state index contributed by atoms with van der Waals surface area (Å²) in [6.45, 7) is 2.15. The van der Waals surface area contributed by atoms with Gasteiger partial charge in [-0.25, -0.2) is 4.39 Å². The lowest BCUT2D eigenvalue weighted by Crippen LogP contribution is -2.02. The number of halogens is 5. The maximum atomic E-state index is 14.8. The van der Waals surface area contributed by atoms with Crippen molar-refractivity contribution in [2.45, 2.75) is 25.9 Å². The summed E-state index contributed by atoms with van der Waals surface area (Å²) in [7, 11) is 0. The highest BCUT2D eigenvalue weighted by molar-refractivity contribution is 6.32. The van der Waals surface area contributed by atoms with Crippen molar-refractivity contribution in [1.29, 1.82) is 0 Å². The topological polar surface area (TPSA) is 0 Å². The third-order valence-electron chi connectivity index (χ3n) is 5.13. The fourth-order valence-corrected chi connectivity index (χ4v) is 3.92. The molecule has 0 nitrogen and oxygen atoms in total. The zero-order valence-electron chi connectivity index (χ0n) is 16.6. The minimum Gasteiger partial charge on any atom is -0.205 e. The van der Waals surface area contributed by atoms with E-state index in [0.29, 0.717) is 5.39 Å². The van der Waals surface area contributed by atoms with Crippen molar-refractivity contribution in [2.24, 2.45) is 0 Å². The Bertz CT molecular complexity index is 1360. The molecule has 0 radical (unpaired) electrons. The predicted molar refractivity (Wildman–Crippen MR) is 119 cm³/mol. The van der Waals surface area contributed by atoms with E-state index in [2.05, 4.69) is 37.3 Å². The average Bonchev–Trinajstić information content (AvgIpc) is 2.72. The third-order valence-corrected chi connectivity index (χ3v) is 5.43. The summed E-state index contributed by atoms with van der Waals surface area (Å²) in [5.74, 6) is 2.03. The quantitative estimate of drug-likeness (QED) is 0.222. The molecule has 4 aromatic carbocycles. The van der Waals surface area contributed by atoms with Crippen LogP contribution in [0.4, 0.5) is 17.6 Å². The lowest BCUT2D eigenvalue weighted by Gasteiger charge is -2.09. The normalized spacial score (nSPS) is 11.5. The fraction of sp³-hybridized carbons (Fsp3) is 0.154. The van der Waals surface area contributed by atoms with Gasteiger partial charge < -0.3 is 0 Å². The summed E-state index contributed by atoms with van der Waals surface area (Å²) in [4.78, 5) is 0. The van der Waals surface area contributed by atoms with Crippen molar-refractivity contribution in [2.75, 3.05) is 0 Å². The Balaban J connectivity index is 1.77. The van der Waals surface area contributed by atoms with Crippen LogP contribution < -0.4 is 0 Å². The zero-order chi connectivity index (χ0) is 22.2. The summed E-state index contributed by atoms with van der Waals surface area (Å²) in [5, 5.41) is 2.76. The first-order valence-electron chi connectivity index (χ1n) is 9.80. The van der Waals surface area contributed by atoms with E-state index >= 15 is 0 Å². The van der Waals surface area contributed by atoms with Crippen LogP contribution in [-0.4, -0.2) is 6.18 Å². The molecule has 5 heteroatoms. The Labute approximate surface area is 182 Å². The van der Waals surface area contributed by atoms with E-state index in [1.165, 1.54) is 11.6 Å². The van der Waals surface area contributed by atoms with E-state index in [-0.39, 0.29) is 10.4 Å². The molecule has 0 amide bonds. The molecule has 0 saturated carbocycles. The smallest absolute Gasteiger partial charge is 0.205 e. The third kappa shape index (κ3) is 4.52. The van der Waals surface area contributed by atoms with Gasteiger partial charge in [0.2, 0.25) is 0 Å². The van der Waals surface area contributed by atoms with Gasteiger partial charge in [0.15, 0.2) is 0 Å². The largest absolute Gasteiger partial charge is 0.458 e. The SMILES string of the molecule is CCCc1ccc2cc(-c3ccc4c(F)c(C#CC(F)(F)F)c(Cl)cc4c3)ccc2c1. The molecule has 0 spiro atoms. The average molecular weight is 441 g/mol. The minimum atomic E-state index is -4.72. The van der Waals surface area contributed by atoms with Crippen molar-refractivity contribution < 1.29 is 17.6 Å². The maximum absolute atomic E-state index is 14.8. The van der Waals surface area contributed by atoms with E-state index in [9.17, 15) is 17.6 Å². The Morgan fingerprint density at radius 3 is 2.19 bits per heavy atom. The van der Waals surface area contributed by atoms with Crippen LogP contribution >= 0.6 is 11.6 Å². The summed E-state index contributed by atoms with van der Waals surface area (Å²) < 4.78 is 52.0. The molecule has 4 rings (SSSR count). The number of hydrogen-bond donors (Lipinski definition) is 0. The van der Waals surface area contributed by atoms with Crippen LogP contribution in [-0.2, 0) is 6.42 Å². The van der Waals surface area contributed by atoms with Crippen molar-refractivity contribution in [3.8, 4) is 23.0 Å². The summed E-state index contributed by atoms with van der Waals surface area (Å²) >= 11 is 6.04. The molecular formula is C26H17ClF4. The lowest BCUT2D eigenvalue weighted by molar-refractivity contribution is -0.0696. The zero-order valence-corrected chi connectivity index (χ0v) is 17.3. The summed E-state index contributed by atoms with van der Waals surface area (Å²) in [5.41, 5.74) is 2.66. The molecule has 0 heterocycles. The highest BCUT2D eigenvalue weighted by Gasteiger charge is 2.23. The molecule has 0 fully saturated rings. The molecule has 0 aliphatic heterocycles. The maximum Gasteiger partial charge on any atom is 0.458 e. The second-order valence-electron chi connectivity index (χ2n) is 7.38. The van der Waals surface area contributed by atoms with Crippen LogP contribution in [0.3, 0.4) is 0 Å². The van der Waals surface area contributed by atoms with Crippen molar-refractivity contribution in [3.05, 3.63) is 82.6 Å². The van der Waals surface area contributed by atoms with E-state index < -0.39 is 17.6 Å². The highest BCUT2D eigenvalue weighted by Crippen LogP contribution is 2.32. The van der Waals surface area contributed by atoms with Crippen molar-refractivity contribution in [3.63, 3.8) is 0 Å². The number of fused-ring (bicyclic) bond motifs is 2. The Kier molecular flexibility index (Phi) is 5.64. The fourth-order valence-electron chi connectivity index (χ4n) is 3.68. The Morgan fingerprint density at radius 1 is 0.839 bits per heavy atom. The first kappa shape index (κ1) is 21.2. The second kappa shape index (κ2) is 8.24. The van der Waals surface area contributed by atoms with E-state index in [1.807, 2.05) is 12.0 Å². The molecule has 156 valence electrons. The van der Waals surface area contributed by atoms with Crippen LogP contribution in [0.5, 0.6) is 0 Å². The van der Waals surface area contributed by atoms with Gasteiger partial charge in [0.1, 0.15) is 5.82 Å².